The molecule has 0 amide bonds. The fourth-order valence-electron chi connectivity index (χ4n) is 2.60. The third-order valence-corrected chi connectivity index (χ3v) is 3.52. The second kappa shape index (κ2) is 5.99. The van der Waals surface area contributed by atoms with Gasteiger partial charge in [0.15, 0.2) is 0 Å². The maximum Gasteiger partial charge on any atom is 0.0947 e. The van der Waals surface area contributed by atoms with Crippen LogP contribution in [0.2, 0.25) is 0 Å². The van der Waals surface area contributed by atoms with Crippen molar-refractivity contribution in [2.75, 3.05) is 39.8 Å². The van der Waals surface area contributed by atoms with Gasteiger partial charge in [-0.25, -0.2) is 0 Å². The maximum atomic E-state index is 5.99. The maximum absolute atomic E-state index is 5.99. The first kappa shape index (κ1) is 13.9. The number of likely N-dealkylation sites (N-methyl/N-ethyl adjacent to an activating group) is 1. The Hall–Kier alpha value is -0.120. The van der Waals surface area contributed by atoms with E-state index in [0.29, 0.717) is 6.04 Å². The van der Waals surface area contributed by atoms with Crippen LogP contribution >= 0.6 is 0 Å². The minimum atomic E-state index is 0.150. The SMILES string of the molecule is CC.CC(C)N1CCC2(CN(C)CCO2)C1. The molecule has 96 valence electrons. The van der Waals surface area contributed by atoms with E-state index in [0.717, 1.165) is 26.2 Å². The van der Waals surface area contributed by atoms with Gasteiger partial charge in [0.25, 0.3) is 0 Å². The van der Waals surface area contributed by atoms with Gasteiger partial charge in [0.05, 0.1) is 12.2 Å². The highest BCUT2D eigenvalue weighted by atomic mass is 16.5. The Morgan fingerprint density at radius 2 is 1.81 bits per heavy atom. The van der Waals surface area contributed by atoms with Crippen LogP contribution in [0.1, 0.15) is 34.1 Å². The second-order valence-electron chi connectivity index (χ2n) is 5.08. The average Bonchev–Trinajstić information content (AvgIpc) is 2.65. The summed E-state index contributed by atoms with van der Waals surface area (Å²) in [5.41, 5.74) is 0.150. The van der Waals surface area contributed by atoms with Gasteiger partial charge in [0, 0.05) is 32.2 Å². The first-order chi connectivity index (χ1) is 7.61. The molecular formula is C13H28N2O. The number of likely N-dealkylation sites (tertiary alicyclic amines) is 1. The standard InChI is InChI=1S/C11H22N2O.C2H6/c1-10(2)13-5-4-11(9-13)8-12(3)6-7-14-11;1-2/h10H,4-9H2,1-3H3;1-2H3. The zero-order valence-electron chi connectivity index (χ0n) is 11.6. The number of rotatable bonds is 1. The van der Waals surface area contributed by atoms with Gasteiger partial charge >= 0.3 is 0 Å². The van der Waals surface area contributed by atoms with E-state index in [4.69, 9.17) is 4.74 Å². The van der Waals surface area contributed by atoms with E-state index in [2.05, 4.69) is 30.7 Å². The normalized spacial score (nSPS) is 31.9. The molecule has 1 unspecified atom stereocenters. The number of nitrogens with zero attached hydrogens (tertiary/aromatic N) is 2. The van der Waals surface area contributed by atoms with Crippen molar-refractivity contribution >= 4 is 0 Å². The van der Waals surface area contributed by atoms with Gasteiger partial charge in [0.1, 0.15) is 0 Å². The highest BCUT2D eigenvalue weighted by Crippen LogP contribution is 2.29. The van der Waals surface area contributed by atoms with Crippen LogP contribution in [0.4, 0.5) is 0 Å². The summed E-state index contributed by atoms with van der Waals surface area (Å²) in [6, 6.07) is 0.658. The number of hydrogen-bond donors (Lipinski definition) is 0. The van der Waals surface area contributed by atoms with E-state index in [1.165, 1.54) is 13.0 Å². The highest BCUT2D eigenvalue weighted by Gasteiger charge is 2.42. The van der Waals surface area contributed by atoms with Crippen LogP contribution in [-0.4, -0.2) is 61.3 Å². The molecule has 0 aromatic rings. The summed E-state index contributed by atoms with van der Waals surface area (Å²) in [6.07, 6.45) is 1.20. The Kier molecular flexibility index (Phi) is 5.22. The fraction of sp³-hybridized carbons (Fsp3) is 1.00. The van der Waals surface area contributed by atoms with Crippen LogP contribution in [0.5, 0.6) is 0 Å². The molecule has 16 heavy (non-hydrogen) atoms. The summed E-state index contributed by atoms with van der Waals surface area (Å²) >= 11 is 0. The largest absolute Gasteiger partial charge is 0.371 e. The van der Waals surface area contributed by atoms with Gasteiger partial charge in [0.2, 0.25) is 0 Å². The van der Waals surface area contributed by atoms with Crippen LogP contribution in [0.25, 0.3) is 0 Å². The summed E-state index contributed by atoms with van der Waals surface area (Å²) in [6.45, 7) is 14.0. The molecule has 0 aromatic heterocycles. The highest BCUT2D eigenvalue weighted by molar-refractivity contribution is 4.96. The summed E-state index contributed by atoms with van der Waals surface area (Å²) in [5, 5.41) is 0. The van der Waals surface area contributed by atoms with Crippen LogP contribution in [0.3, 0.4) is 0 Å². The molecule has 2 rings (SSSR count). The van der Waals surface area contributed by atoms with Crippen molar-refractivity contribution in [2.45, 2.75) is 45.8 Å². The molecule has 3 nitrogen and oxygen atoms in total. The summed E-state index contributed by atoms with van der Waals surface area (Å²) in [7, 11) is 2.20. The lowest BCUT2D eigenvalue weighted by Crippen LogP contribution is -2.52. The molecule has 0 radical (unpaired) electrons. The minimum Gasteiger partial charge on any atom is -0.371 e. The van der Waals surface area contributed by atoms with Crippen molar-refractivity contribution < 1.29 is 4.74 Å². The van der Waals surface area contributed by atoms with Crippen molar-refractivity contribution in [1.29, 1.82) is 0 Å². The zero-order chi connectivity index (χ0) is 12.2. The minimum absolute atomic E-state index is 0.150. The number of morpholine rings is 1. The zero-order valence-corrected chi connectivity index (χ0v) is 11.6. The van der Waals surface area contributed by atoms with E-state index in [-0.39, 0.29) is 5.60 Å². The van der Waals surface area contributed by atoms with Gasteiger partial charge in [-0.1, -0.05) is 13.8 Å². The Morgan fingerprint density at radius 1 is 1.12 bits per heavy atom. The van der Waals surface area contributed by atoms with Crippen molar-refractivity contribution in [2.24, 2.45) is 0 Å². The van der Waals surface area contributed by atoms with Crippen LogP contribution in [0, 0.1) is 0 Å². The summed E-state index contributed by atoms with van der Waals surface area (Å²) in [4.78, 5) is 4.92. The molecular weight excluding hydrogens is 200 g/mol. The lowest BCUT2D eigenvalue weighted by Gasteiger charge is -2.39. The molecule has 2 heterocycles. The Bertz CT molecular complexity index is 208. The fourth-order valence-corrected chi connectivity index (χ4v) is 2.60. The molecule has 2 fully saturated rings. The topological polar surface area (TPSA) is 15.7 Å². The molecule has 0 aliphatic carbocycles. The number of hydrogen-bond acceptors (Lipinski definition) is 3. The molecule has 2 aliphatic heterocycles. The number of ether oxygens (including phenoxy) is 1. The van der Waals surface area contributed by atoms with Crippen LogP contribution < -0.4 is 0 Å². The van der Waals surface area contributed by atoms with Gasteiger partial charge in [-0.15, -0.1) is 0 Å². The van der Waals surface area contributed by atoms with Crippen molar-refractivity contribution in [3.63, 3.8) is 0 Å². The average molecular weight is 228 g/mol. The van der Waals surface area contributed by atoms with E-state index < -0.39 is 0 Å². The Labute approximate surface area is 101 Å². The molecule has 0 N–H and O–H groups in total. The Morgan fingerprint density at radius 3 is 2.31 bits per heavy atom. The lowest BCUT2D eigenvalue weighted by molar-refractivity contribution is -0.0957. The Balaban J connectivity index is 0.000000606. The van der Waals surface area contributed by atoms with Gasteiger partial charge in [-0.05, 0) is 27.3 Å². The van der Waals surface area contributed by atoms with E-state index >= 15 is 0 Å². The first-order valence-corrected chi connectivity index (χ1v) is 6.68. The monoisotopic (exact) mass is 228 g/mol. The van der Waals surface area contributed by atoms with Gasteiger partial charge in [-0.3, -0.25) is 4.90 Å². The predicted molar refractivity (Wildman–Crippen MR) is 68.9 cm³/mol. The molecule has 1 atom stereocenters. The molecule has 0 saturated carbocycles. The quantitative estimate of drug-likeness (QED) is 0.681. The molecule has 2 aliphatic rings. The molecule has 1 spiro atoms. The van der Waals surface area contributed by atoms with E-state index in [1.807, 2.05) is 13.8 Å². The third kappa shape index (κ3) is 3.19. The van der Waals surface area contributed by atoms with E-state index in [9.17, 15) is 0 Å². The van der Waals surface area contributed by atoms with Crippen molar-refractivity contribution in [3.05, 3.63) is 0 Å². The third-order valence-electron chi connectivity index (χ3n) is 3.52. The van der Waals surface area contributed by atoms with Crippen LogP contribution in [0.15, 0.2) is 0 Å². The smallest absolute Gasteiger partial charge is 0.0947 e. The molecule has 0 bridgehead atoms. The lowest BCUT2D eigenvalue weighted by atomic mass is 10.0. The second-order valence-corrected chi connectivity index (χ2v) is 5.08. The summed E-state index contributed by atoms with van der Waals surface area (Å²) < 4.78 is 5.99. The molecule has 0 aromatic carbocycles. The summed E-state index contributed by atoms with van der Waals surface area (Å²) in [5.74, 6) is 0. The van der Waals surface area contributed by atoms with E-state index in [1.54, 1.807) is 0 Å². The first-order valence-electron chi connectivity index (χ1n) is 6.68. The van der Waals surface area contributed by atoms with Crippen molar-refractivity contribution in [1.82, 2.24) is 9.80 Å². The van der Waals surface area contributed by atoms with Gasteiger partial charge in [-0.2, -0.15) is 0 Å². The van der Waals surface area contributed by atoms with Crippen molar-refractivity contribution in [3.8, 4) is 0 Å². The molecule has 2 saturated heterocycles. The predicted octanol–water partition coefficient (Wildman–Crippen LogP) is 1.83. The van der Waals surface area contributed by atoms with Gasteiger partial charge < -0.3 is 9.64 Å². The van der Waals surface area contributed by atoms with Crippen LogP contribution in [-0.2, 0) is 4.74 Å². The molecule has 3 heteroatoms.